The number of ether oxygens (including phenoxy) is 2. The highest BCUT2D eigenvalue weighted by atomic mass is 16.6. The van der Waals surface area contributed by atoms with E-state index in [1.165, 1.54) is 12.8 Å². The van der Waals surface area contributed by atoms with E-state index in [-0.39, 0.29) is 12.2 Å². The summed E-state index contributed by atoms with van der Waals surface area (Å²) in [6.07, 6.45) is 4.44. The zero-order valence-corrected chi connectivity index (χ0v) is 13.9. The fourth-order valence-corrected chi connectivity index (χ4v) is 2.38. The maximum absolute atomic E-state index is 12.1. The SMILES string of the molecule is CC(C)(C)OC(=O)N1CCC(Oc2ccnc(NC3CC3)n2)C1. The van der Waals surface area contributed by atoms with Crippen LogP contribution in [0.2, 0.25) is 0 Å². The summed E-state index contributed by atoms with van der Waals surface area (Å²) in [5, 5.41) is 3.25. The Bertz CT molecular complexity index is 569. The van der Waals surface area contributed by atoms with Gasteiger partial charge < -0.3 is 19.7 Å². The minimum Gasteiger partial charge on any atom is -0.472 e. The summed E-state index contributed by atoms with van der Waals surface area (Å²) in [6, 6.07) is 2.24. The molecule has 2 fully saturated rings. The second kappa shape index (κ2) is 6.22. The summed E-state index contributed by atoms with van der Waals surface area (Å²) < 4.78 is 11.3. The summed E-state index contributed by atoms with van der Waals surface area (Å²) in [5.74, 6) is 1.14. The van der Waals surface area contributed by atoms with Gasteiger partial charge in [-0.2, -0.15) is 4.98 Å². The van der Waals surface area contributed by atoms with Crippen molar-refractivity contribution in [3.63, 3.8) is 0 Å². The summed E-state index contributed by atoms with van der Waals surface area (Å²) in [7, 11) is 0. The smallest absolute Gasteiger partial charge is 0.410 e. The first-order valence-corrected chi connectivity index (χ1v) is 8.13. The van der Waals surface area contributed by atoms with Crippen molar-refractivity contribution in [1.29, 1.82) is 0 Å². The van der Waals surface area contributed by atoms with Crippen LogP contribution in [0.5, 0.6) is 5.88 Å². The second-order valence-electron chi connectivity index (χ2n) is 7.09. The lowest BCUT2D eigenvalue weighted by atomic mass is 10.2. The van der Waals surface area contributed by atoms with Crippen LogP contribution < -0.4 is 10.1 Å². The monoisotopic (exact) mass is 320 g/mol. The first kappa shape index (κ1) is 15.8. The molecule has 1 saturated heterocycles. The third-order valence-corrected chi connectivity index (χ3v) is 3.62. The van der Waals surface area contributed by atoms with Crippen LogP contribution in [-0.4, -0.2) is 51.8 Å². The number of anilines is 1. The molecule has 0 spiro atoms. The molecule has 7 heteroatoms. The van der Waals surface area contributed by atoms with Gasteiger partial charge in [-0.3, -0.25) is 0 Å². The van der Waals surface area contributed by atoms with Gasteiger partial charge in [-0.1, -0.05) is 0 Å². The Morgan fingerprint density at radius 2 is 2.13 bits per heavy atom. The Labute approximate surface area is 136 Å². The lowest BCUT2D eigenvalue weighted by molar-refractivity contribution is 0.0275. The summed E-state index contributed by atoms with van der Waals surface area (Å²) >= 11 is 0. The van der Waals surface area contributed by atoms with Crippen molar-refractivity contribution < 1.29 is 14.3 Å². The molecule has 1 aromatic rings. The van der Waals surface area contributed by atoms with Crippen LogP contribution in [0.4, 0.5) is 10.7 Å². The molecule has 1 unspecified atom stereocenters. The minimum atomic E-state index is -0.480. The maximum atomic E-state index is 12.1. The molecule has 1 atom stereocenters. The molecular formula is C16H24N4O3. The molecule has 1 amide bonds. The van der Waals surface area contributed by atoms with E-state index >= 15 is 0 Å². The molecule has 1 N–H and O–H groups in total. The first-order valence-electron chi connectivity index (χ1n) is 8.13. The second-order valence-corrected chi connectivity index (χ2v) is 7.09. The van der Waals surface area contributed by atoms with E-state index in [4.69, 9.17) is 9.47 Å². The van der Waals surface area contributed by atoms with Crippen molar-refractivity contribution in [3.05, 3.63) is 12.3 Å². The van der Waals surface area contributed by atoms with Gasteiger partial charge in [0, 0.05) is 31.3 Å². The van der Waals surface area contributed by atoms with E-state index in [1.807, 2.05) is 20.8 Å². The van der Waals surface area contributed by atoms with Gasteiger partial charge in [0.1, 0.15) is 11.7 Å². The number of likely N-dealkylation sites (tertiary alicyclic amines) is 1. The Morgan fingerprint density at radius 1 is 1.35 bits per heavy atom. The van der Waals surface area contributed by atoms with Gasteiger partial charge in [0.25, 0.3) is 0 Å². The molecule has 2 aliphatic rings. The van der Waals surface area contributed by atoms with Crippen molar-refractivity contribution in [2.24, 2.45) is 0 Å². The molecule has 0 bridgehead atoms. The average molecular weight is 320 g/mol. The Kier molecular flexibility index (Phi) is 4.28. The first-order chi connectivity index (χ1) is 10.9. The number of rotatable bonds is 4. The van der Waals surface area contributed by atoms with Crippen LogP contribution in [0.3, 0.4) is 0 Å². The zero-order chi connectivity index (χ0) is 16.4. The summed E-state index contributed by atoms with van der Waals surface area (Å²) in [5.41, 5.74) is -0.480. The lowest BCUT2D eigenvalue weighted by Gasteiger charge is -2.24. The molecule has 7 nitrogen and oxygen atoms in total. The lowest BCUT2D eigenvalue weighted by Crippen LogP contribution is -2.36. The standard InChI is InChI=1S/C16H24N4O3/c1-16(2,3)23-15(21)20-9-7-12(10-20)22-13-6-8-17-14(19-13)18-11-4-5-11/h6,8,11-12H,4-5,7,9-10H2,1-3H3,(H,17,18,19). The number of carbonyl (C=O) groups excluding carboxylic acids is 1. The molecule has 1 aromatic heterocycles. The van der Waals surface area contributed by atoms with Crippen LogP contribution in [0.15, 0.2) is 12.3 Å². The molecule has 126 valence electrons. The van der Waals surface area contributed by atoms with Gasteiger partial charge in [0.15, 0.2) is 0 Å². The summed E-state index contributed by atoms with van der Waals surface area (Å²) in [6.45, 7) is 6.75. The number of hydrogen-bond donors (Lipinski definition) is 1. The quantitative estimate of drug-likeness (QED) is 0.918. The molecule has 1 aliphatic carbocycles. The molecular weight excluding hydrogens is 296 g/mol. The maximum Gasteiger partial charge on any atom is 0.410 e. The van der Waals surface area contributed by atoms with E-state index in [9.17, 15) is 4.79 Å². The molecule has 23 heavy (non-hydrogen) atoms. The van der Waals surface area contributed by atoms with Crippen molar-refractivity contribution in [3.8, 4) is 5.88 Å². The molecule has 1 aliphatic heterocycles. The number of hydrogen-bond acceptors (Lipinski definition) is 6. The van der Waals surface area contributed by atoms with Crippen LogP contribution in [0.1, 0.15) is 40.0 Å². The topological polar surface area (TPSA) is 76.6 Å². The van der Waals surface area contributed by atoms with Gasteiger partial charge >= 0.3 is 6.09 Å². The number of carbonyl (C=O) groups is 1. The molecule has 0 radical (unpaired) electrons. The van der Waals surface area contributed by atoms with E-state index in [2.05, 4.69) is 15.3 Å². The van der Waals surface area contributed by atoms with Gasteiger partial charge in [-0.05, 0) is 33.6 Å². The van der Waals surface area contributed by atoms with Crippen LogP contribution in [0, 0.1) is 0 Å². The van der Waals surface area contributed by atoms with E-state index < -0.39 is 5.60 Å². The van der Waals surface area contributed by atoms with Crippen molar-refractivity contribution in [2.45, 2.75) is 57.8 Å². The third-order valence-electron chi connectivity index (χ3n) is 3.62. The Hall–Kier alpha value is -2.05. The highest BCUT2D eigenvalue weighted by molar-refractivity contribution is 5.68. The normalized spacial score (nSPS) is 21.2. The van der Waals surface area contributed by atoms with E-state index in [0.29, 0.717) is 31.0 Å². The number of aromatic nitrogens is 2. The number of nitrogens with zero attached hydrogens (tertiary/aromatic N) is 3. The number of amides is 1. The average Bonchev–Trinajstić information content (AvgIpc) is 3.13. The van der Waals surface area contributed by atoms with E-state index in [1.54, 1.807) is 17.2 Å². The van der Waals surface area contributed by atoms with Gasteiger partial charge in [-0.15, -0.1) is 0 Å². The predicted octanol–water partition coefficient (Wildman–Crippen LogP) is 2.44. The third kappa shape index (κ3) is 4.71. The van der Waals surface area contributed by atoms with Gasteiger partial charge in [0.2, 0.25) is 11.8 Å². The molecule has 2 heterocycles. The van der Waals surface area contributed by atoms with E-state index in [0.717, 1.165) is 6.42 Å². The van der Waals surface area contributed by atoms with Crippen molar-refractivity contribution in [2.75, 3.05) is 18.4 Å². The zero-order valence-electron chi connectivity index (χ0n) is 13.9. The van der Waals surface area contributed by atoms with Crippen LogP contribution >= 0.6 is 0 Å². The van der Waals surface area contributed by atoms with Crippen molar-refractivity contribution >= 4 is 12.0 Å². The van der Waals surface area contributed by atoms with Gasteiger partial charge in [-0.25, -0.2) is 9.78 Å². The highest BCUT2D eigenvalue weighted by Gasteiger charge is 2.31. The molecule has 0 aromatic carbocycles. The fraction of sp³-hybridized carbons (Fsp3) is 0.688. The Morgan fingerprint density at radius 3 is 2.83 bits per heavy atom. The Balaban J connectivity index is 1.52. The largest absolute Gasteiger partial charge is 0.472 e. The van der Waals surface area contributed by atoms with Crippen LogP contribution in [0.25, 0.3) is 0 Å². The highest BCUT2D eigenvalue weighted by Crippen LogP contribution is 2.24. The molecule has 1 saturated carbocycles. The van der Waals surface area contributed by atoms with Crippen LogP contribution in [-0.2, 0) is 4.74 Å². The minimum absolute atomic E-state index is 0.0637. The van der Waals surface area contributed by atoms with Gasteiger partial charge in [0.05, 0.1) is 6.54 Å². The number of nitrogens with one attached hydrogen (secondary N) is 1. The fourth-order valence-electron chi connectivity index (χ4n) is 2.38. The molecule has 3 rings (SSSR count). The summed E-state index contributed by atoms with van der Waals surface area (Å²) in [4.78, 5) is 22.3. The predicted molar refractivity (Wildman–Crippen MR) is 85.5 cm³/mol. The van der Waals surface area contributed by atoms with Crippen molar-refractivity contribution in [1.82, 2.24) is 14.9 Å².